The molecular weight excluding hydrogens is 180 g/mol. The molecule has 0 heterocycles. The summed E-state index contributed by atoms with van der Waals surface area (Å²) in [5, 5.41) is 15.2. The van der Waals surface area contributed by atoms with Gasteiger partial charge < -0.3 is 15.7 Å². The zero-order valence-electron chi connectivity index (χ0n) is 4.62. The van der Waals surface area contributed by atoms with Gasteiger partial charge in [-0.15, -0.1) is 0 Å². The van der Waals surface area contributed by atoms with Crippen molar-refractivity contribution in [1.29, 1.82) is 0 Å². The van der Waals surface area contributed by atoms with Crippen molar-refractivity contribution in [3.63, 3.8) is 0 Å². The number of hydrogen-bond donors (Lipinski definition) is 2. The van der Waals surface area contributed by atoms with Crippen LogP contribution in [-0.2, 0) is 36.1 Å². The van der Waals surface area contributed by atoms with Gasteiger partial charge in [0, 0.05) is 21.7 Å². The Balaban J connectivity index is -0.000000245. The molecule has 0 fully saturated rings. The van der Waals surface area contributed by atoms with E-state index in [1.54, 1.807) is 0 Å². The molecule has 56 valence electrons. The second-order valence-electron chi connectivity index (χ2n) is 0.939. The molecular formula is C3H4O6Ti. The third-order valence-electron chi connectivity index (χ3n) is 0.388. The van der Waals surface area contributed by atoms with Gasteiger partial charge in [-0.2, -0.15) is 0 Å². The predicted molar refractivity (Wildman–Crippen MR) is 23.9 cm³/mol. The van der Waals surface area contributed by atoms with Crippen molar-refractivity contribution in [3.8, 4) is 0 Å². The third-order valence-corrected chi connectivity index (χ3v) is 0.388. The van der Waals surface area contributed by atoms with Gasteiger partial charge in [0.1, 0.15) is 0 Å². The number of carboxylic acids is 2. The summed E-state index contributed by atoms with van der Waals surface area (Å²) < 4.78 is 0. The zero-order chi connectivity index (χ0) is 6.73. The average molecular weight is 184 g/mol. The van der Waals surface area contributed by atoms with Crippen LogP contribution in [0.3, 0.4) is 0 Å². The van der Waals surface area contributed by atoms with Crippen LogP contribution in [0.2, 0.25) is 0 Å². The molecule has 0 aliphatic carbocycles. The van der Waals surface area contributed by atoms with Gasteiger partial charge in [0.25, 0.3) is 0 Å². The second kappa shape index (κ2) is 6.40. The topological polar surface area (TPSA) is 123 Å². The number of carboxylic acid groups (broad SMARTS) is 2. The zero-order valence-corrected chi connectivity index (χ0v) is 6.18. The van der Waals surface area contributed by atoms with E-state index in [2.05, 4.69) is 0 Å². The Morgan fingerprint density at radius 1 is 0.900 bits per heavy atom. The van der Waals surface area contributed by atoms with Gasteiger partial charge in [-0.1, -0.05) is 0 Å². The summed E-state index contributed by atoms with van der Waals surface area (Å²) in [5.74, 6) is -5.71. The molecule has 0 rings (SSSR count). The molecule has 0 saturated carbocycles. The number of hydrogen-bond acceptors (Lipinski definition) is 3. The molecule has 0 bridgehead atoms. The minimum atomic E-state index is -1.95. The van der Waals surface area contributed by atoms with Crippen LogP contribution in [0.1, 0.15) is 0 Å². The van der Waals surface area contributed by atoms with E-state index in [1.165, 1.54) is 0 Å². The van der Waals surface area contributed by atoms with Crippen LogP contribution in [0.5, 0.6) is 0 Å². The molecule has 0 aromatic carbocycles. The molecule has 6 nitrogen and oxygen atoms in total. The summed E-state index contributed by atoms with van der Waals surface area (Å²) in [4.78, 5) is 28.5. The molecule has 0 aromatic heterocycles. The van der Waals surface area contributed by atoms with Crippen molar-refractivity contribution >= 4 is 17.7 Å². The fourth-order valence-electron chi connectivity index (χ4n) is 0.0915. The van der Waals surface area contributed by atoms with Gasteiger partial charge in [0.15, 0.2) is 0 Å². The number of ketones is 1. The van der Waals surface area contributed by atoms with Crippen LogP contribution in [0.4, 0.5) is 0 Å². The average Bonchev–Trinajstić information content (AvgIpc) is 1.64. The van der Waals surface area contributed by atoms with E-state index in [0.29, 0.717) is 0 Å². The number of carbonyl (C=O) groups is 3. The van der Waals surface area contributed by atoms with Crippen LogP contribution < -0.4 is 0 Å². The van der Waals surface area contributed by atoms with Crippen molar-refractivity contribution < 1.29 is 51.8 Å². The van der Waals surface area contributed by atoms with Crippen molar-refractivity contribution in [2.45, 2.75) is 0 Å². The molecule has 0 amide bonds. The number of rotatable bonds is 2. The van der Waals surface area contributed by atoms with E-state index in [1.807, 2.05) is 0 Å². The summed E-state index contributed by atoms with van der Waals surface area (Å²) in [6, 6.07) is 0. The van der Waals surface area contributed by atoms with E-state index < -0.39 is 17.7 Å². The summed E-state index contributed by atoms with van der Waals surface area (Å²) >= 11 is 0. The minimum Gasteiger partial charge on any atom is -0.475 e. The van der Waals surface area contributed by atoms with Crippen molar-refractivity contribution in [2.24, 2.45) is 0 Å². The largest absolute Gasteiger partial charge is 0.475 e. The van der Waals surface area contributed by atoms with Crippen molar-refractivity contribution in [1.82, 2.24) is 0 Å². The van der Waals surface area contributed by atoms with E-state index in [9.17, 15) is 14.4 Å². The molecule has 0 saturated heterocycles. The Bertz CT molecular complexity index is 135. The first-order valence-electron chi connectivity index (χ1n) is 1.56. The Morgan fingerprint density at radius 2 is 1.10 bits per heavy atom. The van der Waals surface area contributed by atoms with Crippen LogP contribution in [0, 0.1) is 0 Å². The molecule has 4 N–H and O–H groups in total. The summed E-state index contributed by atoms with van der Waals surface area (Å²) in [5.41, 5.74) is 0. The SMILES string of the molecule is O.O=C(O)C(=O)C(=O)O.[Ti]. The summed E-state index contributed by atoms with van der Waals surface area (Å²) in [6.07, 6.45) is 0. The third kappa shape index (κ3) is 5.42. The van der Waals surface area contributed by atoms with Gasteiger partial charge in [0.05, 0.1) is 0 Å². The summed E-state index contributed by atoms with van der Waals surface area (Å²) in [7, 11) is 0. The fraction of sp³-hybridized carbons (Fsp3) is 0. The number of Topliss-reactive ketones (excluding diaryl/α,β-unsaturated/α-hetero) is 1. The van der Waals surface area contributed by atoms with Crippen LogP contribution in [0.25, 0.3) is 0 Å². The quantitative estimate of drug-likeness (QED) is 0.289. The molecule has 0 aliphatic rings. The Kier molecular flexibility index (Phi) is 10.3. The fourth-order valence-corrected chi connectivity index (χ4v) is 0.0915. The van der Waals surface area contributed by atoms with Gasteiger partial charge in [-0.05, 0) is 0 Å². The van der Waals surface area contributed by atoms with Gasteiger partial charge >= 0.3 is 17.7 Å². The van der Waals surface area contributed by atoms with Crippen LogP contribution in [0.15, 0.2) is 0 Å². The smallest absolute Gasteiger partial charge is 0.384 e. The van der Waals surface area contributed by atoms with Gasteiger partial charge in [0.2, 0.25) is 0 Å². The molecule has 0 spiro atoms. The maximum absolute atomic E-state index is 9.64. The predicted octanol–water partition coefficient (Wildman–Crippen LogP) is -2.10. The molecule has 7 heteroatoms. The van der Waals surface area contributed by atoms with Crippen molar-refractivity contribution in [3.05, 3.63) is 0 Å². The molecule has 10 heavy (non-hydrogen) atoms. The number of carbonyl (C=O) groups excluding carboxylic acids is 1. The van der Waals surface area contributed by atoms with Crippen LogP contribution >= 0.6 is 0 Å². The maximum atomic E-state index is 9.64. The molecule has 0 aromatic rings. The molecule has 0 aliphatic heterocycles. The molecule has 0 radical (unpaired) electrons. The Labute approximate surface area is 70.0 Å². The van der Waals surface area contributed by atoms with E-state index in [-0.39, 0.29) is 27.2 Å². The first kappa shape index (κ1) is 16.1. The minimum absolute atomic E-state index is 0. The van der Waals surface area contributed by atoms with Gasteiger partial charge in [-0.25, -0.2) is 9.59 Å². The summed E-state index contributed by atoms with van der Waals surface area (Å²) in [6.45, 7) is 0. The molecule has 0 atom stereocenters. The second-order valence-corrected chi connectivity index (χ2v) is 0.939. The first-order chi connectivity index (χ1) is 3.55. The van der Waals surface area contributed by atoms with Gasteiger partial charge in [-0.3, -0.25) is 4.79 Å². The monoisotopic (exact) mass is 184 g/mol. The normalized spacial score (nSPS) is 6.40. The van der Waals surface area contributed by atoms with Crippen LogP contribution in [-0.4, -0.2) is 33.4 Å². The Hall–Kier alpha value is -0.716. The first-order valence-corrected chi connectivity index (χ1v) is 1.56. The maximum Gasteiger partial charge on any atom is 0.384 e. The number of aliphatic carboxylic acids is 2. The van der Waals surface area contributed by atoms with Crippen molar-refractivity contribution in [2.75, 3.05) is 0 Å². The standard InChI is InChI=1S/C3H2O5.H2O.Ti/c4-1(2(5)6)3(7)8;;/h(H,5,6)(H,7,8);1H2;. The van der Waals surface area contributed by atoms with E-state index in [4.69, 9.17) is 10.2 Å². The Morgan fingerprint density at radius 3 is 1.10 bits per heavy atom. The van der Waals surface area contributed by atoms with E-state index in [0.717, 1.165) is 0 Å². The molecule has 0 unspecified atom stereocenters. The van der Waals surface area contributed by atoms with E-state index >= 15 is 0 Å².